The van der Waals surface area contributed by atoms with Crippen LogP contribution in [-0.4, -0.2) is 37.6 Å². The van der Waals surface area contributed by atoms with Crippen LogP contribution in [0, 0.1) is 0 Å². The van der Waals surface area contributed by atoms with E-state index in [2.05, 4.69) is 21.2 Å². The lowest BCUT2D eigenvalue weighted by molar-refractivity contribution is 0.0949. The largest absolute Gasteiger partial charge is 0.494 e. The highest BCUT2D eigenvalue weighted by Gasteiger charge is 2.09. The Bertz CT molecular complexity index is 398. The topological polar surface area (TPSA) is 47.6 Å². The van der Waals surface area contributed by atoms with Gasteiger partial charge >= 0.3 is 0 Å². The predicted molar refractivity (Wildman–Crippen MR) is 79.2 cm³/mol. The van der Waals surface area contributed by atoms with Gasteiger partial charge in [-0.1, -0.05) is 28.9 Å². The van der Waals surface area contributed by atoms with Gasteiger partial charge in [0.05, 0.1) is 18.0 Å². The average Bonchev–Trinajstić information content (AvgIpc) is 2.43. The Hall–Kier alpha value is -1.07. The van der Waals surface area contributed by atoms with Crippen molar-refractivity contribution in [2.75, 3.05) is 26.9 Å². The maximum absolute atomic E-state index is 12.0. The monoisotopic (exact) mass is 329 g/mol. The first-order valence-corrected chi connectivity index (χ1v) is 7.23. The molecule has 0 saturated heterocycles. The van der Waals surface area contributed by atoms with E-state index in [0.717, 1.165) is 12.2 Å². The van der Waals surface area contributed by atoms with E-state index in [0.29, 0.717) is 25.3 Å². The number of hydrogen-bond acceptors (Lipinski definition) is 3. The molecule has 0 radical (unpaired) electrons. The van der Waals surface area contributed by atoms with Gasteiger partial charge in [-0.2, -0.15) is 0 Å². The van der Waals surface area contributed by atoms with Gasteiger partial charge in [0.25, 0.3) is 5.91 Å². The molecule has 1 unspecified atom stereocenters. The van der Waals surface area contributed by atoms with Crippen LogP contribution in [0.4, 0.5) is 0 Å². The Morgan fingerprint density at radius 3 is 2.95 bits per heavy atom. The Morgan fingerprint density at radius 2 is 2.26 bits per heavy atom. The van der Waals surface area contributed by atoms with Crippen LogP contribution < -0.4 is 10.1 Å². The number of carbonyl (C=O) groups is 1. The molecule has 0 bridgehead atoms. The SMILES string of the molecule is CCCOc1cccc(C(=O)NCC(Br)COC)c1. The minimum absolute atomic E-state index is 0.109. The van der Waals surface area contributed by atoms with Crippen molar-refractivity contribution in [2.45, 2.75) is 18.2 Å². The van der Waals surface area contributed by atoms with Crippen molar-refractivity contribution in [1.29, 1.82) is 0 Å². The van der Waals surface area contributed by atoms with Crippen LogP contribution in [0.2, 0.25) is 0 Å². The molecule has 0 heterocycles. The molecule has 0 aromatic heterocycles. The average molecular weight is 330 g/mol. The maximum Gasteiger partial charge on any atom is 0.251 e. The van der Waals surface area contributed by atoms with E-state index in [1.165, 1.54) is 0 Å². The fourth-order valence-corrected chi connectivity index (χ4v) is 1.92. The maximum atomic E-state index is 12.0. The normalized spacial score (nSPS) is 11.9. The van der Waals surface area contributed by atoms with Crippen LogP contribution in [0.25, 0.3) is 0 Å². The molecule has 1 atom stereocenters. The molecule has 1 amide bonds. The molecule has 5 heteroatoms. The molecule has 0 aliphatic carbocycles. The molecule has 0 saturated carbocycles. The van der Waals surface area contributed by atoms with E-state index in [1.807, 2.05) is 19.1 Å². The second-order valence-corrected chi connectivity index (χ2v) is 5.43. The molecule has 19 heavy (non-hydrogen) atoms. The number of benzene rings is 1. The minimum Gasteiger partial charge on any atom is -0.494 e. The summed E-state index contributed by atoms with van der Waals surface area (Å²) in [5, 5.41) is 2.85. The highest BCUT2D eigenvalue weighted by atomic mass is 79.9. The highest BCUT2D eigenvalue weighted by Crippen LogP contribution is 2.13. The van der Waals surface area contributed by atoms with Crippen molar-refractivity contribution in [2.24, 2.45) is 0 Å². The van der Waals surface area contributed by atoms with Crippen LogP contribution in [-0.2, 0) is 4.74 Å². The first-order chi connectivity index (χ1) is 9.17. The van der Waals surface area contributed by atoms with E-state index in [-0.39, 0.29) is 10.7 Å². The van der Waals surface area contributed by atoms with Crippen molar-refractivity contribution in [3.05, 3.63) is 29.8 Å². The van der Waals surface area contributed by atoms with E-state index in [4.69, 9.17) is 9.47 Å². The van der Waals surface area contributed by atoms with Gasteiger partial charge in [-0.15, -0.1) is 0 Å². The van der Waals surface area contributed by atoms with E-state index >= 15 is 0 Å². The second kappa shape index (κ2) is 8.93. The smallest absolute Gasteiger partial charge is 0.251 e. The molecule has 0 aliphatic rings. The number of hydrogen-bond donors (Lipinski definition) is 1. The quantitative estimate of drug-likeness (QED) is 0.746. The first kappa shape index (κ1) is 16.0. The van der Waals surface area contributed by atoms with E-state index in [9.17, 15) is 4.79 Å². The number of methoxy groups -OCH3 is 1. The van der Waals surface area contributed by atoms with Gasteiger partial charge < -0.3 is 14.8 Å². The molecular formula is C14H20BrNO3. The molecule has 4 nitrogen and oxygen atoms in total. The third-order valence-electron chi connectivity index (χ3n) is 2.40. The number of alkyl halides is 1. The number of rotatable bonds is 8. The van der Waals surface area contributed by atoms with Crippen molar-refractivity contribution in [3.63, 3.8) is 0 Å². The Morgan fingerprint density at radius 1 is 1.47 bits per heavy atom. The van der Waals surface area contributed by atoms with Crippen molar-refractivity contribution in [3.8, 4) is 5.75 Å². The highest BCUT2D eigenvalue weighted by molar-refractivity contribution is 9.09. The van der Waals surface area contributed by atoms with Crippen molar-refractivity contribution >= 4 is 21.8 Å². The van der Waals surface area contributed by atoms with Crippen molar-refractivity contribution in [1.82, 2.24) is 5.32 Å². The summed E-state index contributed by atoms with van der Waals surface area (Å²) < 4.78 is 10.5. The Kier molecular flexibility index (Phi) is 7.52. The molecule has 0 fully saturated rings. The molecule has 106 valence electrons. The molecule has 0 aliphatic heterocycles. The van der Waals surface area contributed by atoms with Gasteiger partial charge in [0.15, 0.2) is 0 Å². The zero-order chi connectivity index (χ0) is 14.1. The van der Waals surface area contributed by atoms with Gasteiger partial charge in [-0.05, 0) is 24.6 Å². The number of nitrogens with one attached hydrogen (secondary N) is 1. The number of ether oxygens (including phenoxy) is 2. The van der Waals surface area contributed by atoms with Crippen molar-refractivity contribution < 1.29 is 14.3 Å². The zero-order valence-corrected chi connectivity index (χ0v) is 12.9. The molecular weight excluding hydrogens is 310 g/mol. The lowest BCUT2D eigenvalue weighted by atomic mass is 10.2. The number of carbonyl (C=O) groups excluding carboxylic acids is 1. The second-order valence-electron chi connectivity index (χ2n) is 4.14. The summed E-state index contributed by atoms with van der Waals surface area (Å²) in [6.07, 6.45) is 0.943. The van der Waals surface area contributed by atoms with E-state index in [1.54, 1.807) is 19.2 Å². The summed E-state index contributed by atoms with van der Waals surface area (Å²) in [6, 6.07) is 7.20. The summed E-state index contributed by atoms with van der Waals surface area (Å²) in [4.78, 5) is 12.1. The summed E-state index contributed by atoms with van der Waals surface area (Å²) in [5.41, 5.74) is 0.603. The standard InChI is InChI=1S/C14H20BrNO3/c1-3-7-19-13-6-4-5-11(8-13)14(17)16-9-12(15)10-18-2/h4-6,8,12H,3,7,9-10H2,1-2H3,(H,16,17). The zero-order valence-electron chi connectivity index (χ0n) is 11.3. The lowest BCUT2D eigenvalue weighted by Gasteiger charge is -2.11. The molecule has 1 N–H and O–H groups in total. The van der Waals surface area contributed by atoms with Crippen LogP contribution >= 0.6 is 15.9 Å². The van der Waals surface area contributed by atoms with Gasteiger partial charge in [0.2, 0.25) is 0 Å². The molecule has 0 spiro atoms. The molecule has 1 aromatic rings. The predicted octanol–water partition coefficient (Wildman–Crippen LogP) is 2.62. The van der Waals surface area contributed by atoms with E-state index < -0.39 is 0 Å². The lowest BCUT2D eigenvalue weighted by Crippen LogP contribution is -2.31. The molecule has 1 aromatic carbocycles. The molecule has 1 rings (SSSR count). The van der Waals surface area contributed by atoms with Crippen LogP contribution in [0.15, 0.2) is 24.3 Å². The van der Waals surface area contributed by atoms with Crippen LogP contribution in [0.3, 0.4) is 0 Å². The number of amides is 1. The minimum atomic E-state index is -0.109. The fraction of sp³-hybridized carbons (Fsp3) is 0.500. The Balaban J connectivity index is 2.51. The van der Waals surface area contributed by atoms with Gasteiger partial charge in [0.1, 0.15) is 5.75 Å². The fourth-order valence-electron chi connectivity index (χ4n) is 1.49. The summed E-state index contributed by atoms with van der Waals surface area (Å²) in [7, 11) is 1.63. The Labute approximate surface area is 122 Å². The summed E-state index contributed by atoms with van der Waals surface area (Å²) in [5.74, 6) is 0.615. The third kappa shape index (κ3) is 6.07. The van der Waals surface area contributed by atoms with Gasteiger partial charge in [-0.25, -0.2) is 0 Å². The number of halogens is 1. The summed E-state index contributed by atoms with van der Waals surface area (Å²) in [6.45, 7) is 3.78. The third-order valence-corrected chi connectivity index (χ3v) is 2.99. The van der Waals surface area contributed by atoms with Crippen LogP contribution in [0.5, 0.6) is 5.75 Å². The summed E-state index contributed by atoms with van der Waals surface area (Å²) >= 11 is 3.42. The first-order valence-electron chi connectivity index (χ1n) is 6.31. The van der Waals surface area contributed by atoms with Gasteiger partial charge in [-0.3, -0.25) is 4.79 Å². The van der Waals surface area contributed by atoms with Gasteiger partial charge in [0, 0.05) is 19.2 Å². The van der Waals surface area contributed by atoms with Crippen LogP contribution in [0.1, 0.15) is 23.7 Å².